The molecule has 0 aromatic heterocycles. The highest BCUT2D eigenvalue weighted by Gasteiger charge is 2.27. The SMILES string of the molecule is CCCOc1cc(OC2CCN(C(=O)OC(C)(C)C)CC2)ccc1C(=O)O. The number of piperidine rings is 1. The predicted octanol–water partition coefficient (Wildman–Crippen LogP) is 3.95. The van der Waals surface area contributed by atoms with Gasteiger partial charge < -0.3 is 24.2 Å². The maximum atomic E-state index is 12.1. The lowest BCUT2D eigenvalue weighted by Crippen LogP contribution is -2.44. The lowest BCUT2D eigenvalue weighted by atomic mass is 10.1. The van der Waals surface area contributed by atoms with E-state index < -0.39 is 11.6 Å². The zero-order chi connectivity index (χ0) is 20.0. The van der Waals surface area contributed by atoms with Crippen molar-refractivity contribution in [2.24, 2.45) is 0 Å². The van der Waals surface area contributed by atoms with Crippen molar-refractivity contribution < 1.29 is 28.9 Å². The van der Waals surface area contributed by atoms with Crippen molar-refractivity contribution in [1.29, 1.82) is 0 Å². The Balaban J connectivity index is 1.94. The Bertz CT molecular complexity index is 659. The lowest BCUT2D eigenvalue weighted by Gasteiger charge is -2.33. The molecule has 0 radical (unpaired) electrons. The summed E-state index contributed by atoms with van der Waals surface area (Å²) in [6, 6.07) is 4.76. The molecule has 27 heavy (non-hydrogen) atoms. The predicted molar refractivity (Wildman–Crippen MR) is 101 cm³/mol. The molecular weight excluding hydrogens is 350 g/mol. The van der Waals surface area contributed by atoms with E-state index in [0.29, 0.717) is 44.0 Å². The Morgan fingerprint density at radius 3 is 2.44 bits per heavy atom. The topological polar surface area (TPSA) is 85.3 Å². The van der Waals surface area contributed by atoms with Crippen LogP contribution in [0.3, 0.4) is 0 Å². The van der Waals surface area contributed by atoms with Crippen molar-refractivity contribution in [1.82, 2.24) is 4.90 Å². The van der Waals surface area contributed by atoms with Crippen LogP contribution in [0.5, 0.6) is 11.5 Å². The molecule has 7 heteroatoms. The number of aromatic carboxylic acids is 1. The number of hydrogen-bond donors (Lipinski definition) is 1. The number of carboxylic acids is 1. The zero-order valence-electron chi connectivity index (χ0n) is 16.5. The van der Waals surface area contributed by atoms with E-state index in [1.807, 2.05) is 27.7 Å². The third kappa shape index (κ3) is 6.34. The summed E-state index contributed by atoms with van der Waals surface area (Å²) in [6.45, 7) is 9.06. The number of rotatable bonds is 6. The summed E-state index contributed by atoms with van der Waals surface area (Å²) < 4.78 is 16.9. The highest BCUT2D eigenvalue weighted by Crippen LogP contribution is 2.28. The molecule has 1 heterocycles. The first-order chi connectivity index (χ1) is 12.7. The second-order valence-corrected chi connectivity index (χ2v) is 7.60. The largest absolute Gasteiger partial charge is 0.493 e. The molecule has 1 N–H and O–H groups in total. The number of benzene rings is 1. The first kappa shape index (κ1) is 20.9. The highest BCUT2D eigenvalue weighted by molar-refractivity contribution is 5.91. The van der Waals surface area contributed by atoms with Crippen molar-refractivity contribution in [3.63, 3.8) is 0 Å². The van der Waals surface area contributed by atoms with Crippen LogP contribution in [0, 0.1) is 0 Å². The second-order valence-electron chi connectivity index (χ2n) is 7.60. The molecule has 1 aromatic rings. The van der Waals surface area contributed by atoms with Crippen molar-refractivity contribution in [2.45, 2.75) is 58.7 Å². The molecule has 0 unspecified atom stereocenters. The van der Waals surface area contributed by atoms with Gasteiger partial charge in [0.05, 0.1) is 6.61 Å². The Morgan fingerprint density at radius 1 is 1.22 bits per heavy atom. The van der Waals surface area contributed by atoms with E-state index in [1.54, 1.807) is 17.0 Å². The molecule has 2 rings (SSSR count). The molecule has 1 aliphatic rings. The van der Waals surface area contributed by atoms with E-state index in [0.717, 1.165) is 6.42 Å². The molecule has 0 aliphatic carbocycles. The van der Waals surface area contributed by atoms with Gasteiger partial charge >= 0.3 is 12.1 Å². The number of carboxylic acid groups (broad SMARTS) is 1. The number of amides is 1. The maximum Gasteiger partial charge on any atom is 0.410 e. The molecule has 0 atom stereocenters. The van der Waals surface area contributed by atoms with Crippen LogP contribution >= 0.6 is 0 Å². The van der Waals surface area contributed by atoms with Gasteiger partial charge in [0.15, 0.2) is 0 Å². The van der Waals surface area contributed by atoms with Crippen LogP contribution < -0.4 is 9.47 Å². The first-order valence-corrected chi connectivity index (χ1v) is 9.34. The molecule has 0 bridgehead atoms. The fourth-order valence-electron chi connectivity index (χ4n) is 2.76. The van der Waals surface area contributed by atoms with Crippen molar-refractivity contribution in [3.05, 3.63) is 23.8 Å². The zero-order valence-corrected chi connectivity index (χ0v) is 16.5. The van der Waals surface area contributed by atoms with Crippen LogP contribution in [0.2, 0.25) is 0 Å². The first-order valence-electron chi connectivity index (χ1n) is 9.34. The van der Waals surface area contributed by atoms with E-state index >= 15 is 0 Å². The van der Waals surface area contributed by atoms with Gasteiger partial charge in [-0.25, -0.2) is 9.59 Å². The fraction of sp³-hybridized carbons (Fsp3) is 0.600. The van der Waals surface area contributed by atoms with Gasteiger partial charge in [-0.15, -0.1) is 0 Å². The smallest absolute Gasteiger partial charge is 0.410 e. The molecule has 1 aromatic carbocycles. The number of hydrogen-bond acceptors (Lipinski definition) is 5. The summed E-state index contributed by atoms with van der Waals surface area (Å²) in [5.74, 6) is -0.145. The van der Waals surface area contributed by atoms with Crippen molar-refractivity contribution in [3.8, 4) is 11.5 Å². The Kier molecular flexibility index (Phi) is 6.93. The lowest BCUT2D eigenvalue weighted by molar-refractivity contribution is 0.0126. The van der Waals surface area contributed by atoms with E-state index in [4.69, 9.17) is 14.2 Å². The van der Waals surface area contributed by atoms with E-state index in [1.165, 1.54) is 6.07 Å². The van der Waals surface area contributed by atoms with E-state index in [2.05, 4.69) is 0 Å². The standard InChI is InChI=1S/C20H29NO6/c1-5-12-25-17-13-15(6-7-16(17)18(22)23)26-14-8-10-21(11-9-14)19(24)27-20(2,3)4/h6-7,13-14H,5,8-12H2,1-4H3,(H,22,23). The van der Waals surface area contributed by atoms with Crippen molar-refractivity contribution >= 4 is 12.1 Å². The molecule has 1 fully saturated rings. The molecular formula is C20H29NO6. The summed E-state index contributed by atoms with van der Waals surface area (Å²) in [6.07, 6.45) is 1.81. The minimum atomic E-state index is -1.03. The van der Waals surface area contributed by atoms with Gasteiger partial charge in [0.1, 0.15) is 28.8 Å². The Morgan fingerprint density at radius 2 is 1.89 bits per heavy atom. The average Bonchev–Trinajstić information content (AvgIpc) is 2.59. The minimum absolute atomic E-state index is 0.0432. The van der Waals surface area contributed by atoms with Gasteiger partial charge in [-0.3, -0.25) is 0 Å². The summed E-state index contributed by atoms with van der Waals surface area (Å²) in [7, 11) is 0. The van der Waals surface area contributed by atoms with Gasteiger partial charge in [-0.2, -0.15) is 0 Å². The van der Waals surface area contributed by atoms with Gasteiger partial charge in [0, 0.05) is 32.0 Å². The minimum Gasteiger partial charge on any atom is -0.493 e. The molecule has 150 valence electrons. The van der Waals surface area contributed by atoms with Gasteiger partial charge in [0.25, 0.3) is 0 Å². The normalized spacial score (nSPS) is 15.3. The fourth-order valence-corrected chi connectivity index (χ4v) is 2.76. The molecule has 0 spiro atoms. The second kappa shape index (κ2) is 8.97. The number of ether oxygens (including phenoxy) is 3. The van der Waals surface area contributed by atoms with Crippen LogP contribution in [-0.2, 0) is 4.74 Å². The van der Waals surface area contributed by atoms with Crippen LogP contribution in [0.15, 0.2) is 18.2 Å². The quantitative estimate of drug-likeness (QED) is 0.805. The monoisotopic (exact) mass is 379 g/mol. The van der Waals surface area contributed by atoms with E-state index in [-0.39, 0.29) is 17.8 Å². The van der Waals surface area contributed by atoms with E-state index in [9.17, 15) is 14.7 Å². The van der Waals surface area contributed by atoms with Crippen LogP contribution in [0.1, 0.15) is 57.3 Å². The summed E-state index contributed by atoms with van der Waals surface area (Å²) in [5, 5.41) is 9.27. The molecule has 0 saturated carbocycles. The van der Waals surface area contributed by atoms with Crippen molar-refractivity contribution in [2.75, 3.05) is 19.7 Å². The number of carbonyl (C=O) groups excluding carboxylic acids is 1. The molecule has 1 saturated heterocycles. The highest BCUT2D eigenvalue weighted by atomic mass is 16.6. The van der Waals surface area contributed by atoms with Crippen LogP contribution in [0.25, 0.3) is 0 Å². The summed E-state index contributed by atoms with van der Waals surface area (Å²) in [4.78, 5) is 25.1. The average molecular weight is 379 g/mol. The maximum absolute atomic E-state index is 12.1. The number of carbonyl (C=O) groups is 2. The third-order valence-corrected chi connectivity index (χ3v) is 4.04. The third-order valence-electron chi connectivity index (χ3n) is 4.04. The summed E-state index contributed by atoms with van der Waals surface area (Å²) in [5.41, 5.74) is -0.388. The van der Waals surface area contributed by atoms with Gasteiger partial charge in [0.2, 0.25) is 0 Å². The van der Waals surface area contributed by atoms with Gasteiger partial charge in [-0.1, -0.05) is 6.92 Å². The molecule has 7 nitrogen and oxygen atoms in total. The molecule has 1 aliphatic heterocycles. The Hall–Kier alpha value is -2.44. The Labute approximate surface area is 160 Å². The van der Waals surface area contributed by atoms with Gasteiger partial charge in [-0.05, 0) is 39.3 Å². The van der Waals surface area contributed by atoms with Crippen LogP contribution in [0.4, 0.5) is 4.79 Å². The van der Waals surface area contributed by atoms with Crippen LogP contribution in [-0.4, -0.2) is 53.5 Å². The molecule has 1 amide bonds. The number of likely N-dealkylation sites (tertiary alicyclic amines) is 1. The number of nitrogens with zero attached hydrogens (tertiary/aromatic N) is 1. The summed E-state index contributed by atoms with van der Waals surface area (Å²) >= 11 is 0.